The SMILES string of the molecule is Cc1cc(Nc2ccc(F)c(C[C@@]3(C(=O)OC(C)(C)C)CCN(CCc4cccc(Cl)c4F)[C@H](C)C3)n2)nn1C(C)(C)C. The highest BCUT2D eigenvalue weighted by Gasteiger charge is 2.47. The average molecular weight is 616 g/mol. The maximum Gasteiger partial charge on any atom is 0.313 e. The van der Waals surface area contributed by atoms with Crippen molar-refractivity contribution in [2.75, 3.05) is 18.4 Å². The Hall–Kier alpha value is -3.04. The van der Waals surface area contributed by atoms with Gasteiger partial charge in [-0.15, -0.1) is 0 Å². The number of aromatic nitrogens is 3. The quantitative estimate of drug-likeness (QED) is 0.263. The van der Waals surface area contributed by atoms with Crippen molar-refractivity contribution >= 4 is 29.2 Å². The minimum atomic E-state index is -0.971. The van der Waals surface area contributed by atoms with E-state index in [1.165, 1.54) is 12.1 Å². The zero-order valence-electron chi connectivity index (χ0n) is 26.5. The lowest BCUT2D eigenvalue weighted by atomic mass is 9.72. The van der Waals surface area contributed by atoms with Gasteiger partial charge in [-0.1, -0.05) is 23.7 Å². The lowest BCUT2D eigenvalue weighted by molar-refractivity contribution is -0.172. The molecule has 4 rings (SSSR count). The molecule has 0 bridgehead atoms. The van der Waals surface area contributed by atoms with Gasteiger partial charge >= 0.3 is 5.97 Å². The van der Waals surface area contributed by atoms with Gasteiger partial charge in [-0.05, 0) is 105 Å². The molecule has 1 aliphatic rings. The number of likely N-dealkylation sites (tertiary alicyclic amines) is 1. The van der Waals surface area contributed by atoms with E-state index >= 15 is 4.39 Å². The van der Waals surface area contributed by atoms with Gasteiger partial charge < -0.3 is 15.0 Å². The van der Waals surface area contributed by atoms with E-state index < -0.39 is 22.7 Å². The monoisotopic (exact) mass is 615 g/mol. The van der Waals surface area contributed by atoms with Crippen molar-refractivity contribution in [3.8, 4) is 0 Å². The van der Waals surface area contributed by atoms with E-state index in [0.717, 1.165) is 5.69 Å². The molecule has 2 aromatic heterocycles. The largest absolute Gasteiger partial charge is 0.460 e. The van der Waals surface area contributed by atoms with E-state index in [9.17, 15) is 9.18 Å². The fraction of sp³-hybridized carbons (Fsp3) is 0.545. The van der Waals surface area contributed by atoms with Gasteiger partial charge in [0.2, 0.25) is 0 Å². The highest BCUT2D eigenvalue weighted by Crippen LogP contribution is 2.41. The number of carbonyl (C=O) groups excluding carboxylic acids is 1. The topological polar surface area (TPSA) is 72.3 Å². The molecular formula is C33H44ClF2N5O2. The highest BCUT2D eigenvalue weighted by molar-refractivity contribution is 6.30. The van der Waals surface area contributed by atoms with Crippen molar-refractivity contribution in [1.29, 1.82) is 0 Å². The molecule has 0 unspecified atom stereocenters. The first-order chi connectivity index (χ1) is 20.0. The summed E-state index contributed by atoms with van der Waals surface area (Å²) < 4.78 is 37.6. The average Bonchev–Trinajstić information content (AvgIpc) is 3.27. The Kier molecular flexibility index (Phi) is 9.57. The number of carbonyl (C=O) groups is 1. The number of piperidine rings is 1. The molecule has 1 saturated heterocycles. The minimum Gasteiger partial charge on any atom is -0.460 e. The molecule has 1 N–H and O–H groups in total. The van der Waals surface area contributed by atoms with Crippen LogP contribution in [0.25, 0.3) is 0 Å². The van der Waals surface area contributed by atoms with Crippen molar-refractivity contribution in [1.82, 2.24) is 19.7 Å². The van der Waals surface area contributed by atoms with Gasteiger partial charge in [0, 0.05) is 30.8 Å². The number of hydrogen-bond acceptors (Lipinski definition) is 6. The first-order valence-corrected chi connectivity index (χ1v) is 15.3. The van der Waals surface area contributed by atoms with Crippen LogP contribution in [0, 0.1) is 24.0 Å². The first-order valence-electron chi connectivity index (χ1n) is 14.9. The summed E-state index contributed by atoms with van der Waals surface area (Å²) in [5.74, 6) is -0.170. The molecule has 0 saturated carbocycles. The van der Waals surface area contributed by atoms with E-state index in [-0.39, 0.29) is 34.7 Å². The van der Waals surface area contributed by atoms with Gasteiger partial charge in [-0.3, -0.25) is 9.48 Å². The molecule has 3 aromatic rings. The number of esters is 1. The lowest BCUT2D eigenvalue weighted by Crippen LogP contribution is -2.52. The number of benzene rings is 1. The maximum atomic E-state index is 15.3. The number of rotatable bonds is 8. The second kappa shape index (κ2) is 12.5. The molecular weight excluding hydrogens is 572 g/mol. The van der Waals surface area contributed by atoms with Gasteiger partial charge in [0.25, 0.3) is 0 Å². The third kappa shape index (κ3) is 7.92. The van der Waals surface area contributed by atoms with Crippen LogP contribution in [0.5, 0.6) is 0 Å². The number of nitrogens with one attached hydrogen (secondary N) is 1. The number of anilines is 2. The Labute approximate surface area is 259 Å². The third-order valence-corrected chi connectivity index (χ3v) is 8.21. The standard InChI is InChI=1S/C33H44ClF2N5O2/c1-21-18-28(39-41(21)31(3,4)5)38-27-13-12-25(35)26(37-27)20-33(30(42)43-32(6,7)8)15-17-40(22(2)19-33)16-14-23-10-9-11-24(34)29(23)36/h9-13,18,22H,14-17,19-20H2,1-8H3,(H,37,38,39)/t22-,33-/m1/s1. The van der Waals surface area contributed by atoms with Gasteiger partial charge in [0.1, 0.15) is 23.1 Å². The maximum absolute atomic E-state index is 15.3. The molecule has 0 amide bonds. The Balaban J connectivity index is 1.56. The molecule has 1 aliphatic heterocycles. The number of halogens is 3. The summed E-state index contributed by atoms with van der Waals surface area (Å²) >= 11 is 5.98. The van der Waals surface area contributed by atoms with Crippen molar-refractivity contribution in [2.45, 2.75) is 98.3 Å². The fourth-order valence-electron chi connectivity index (χ4n) is 5.86. The molecule has 10 heteroatoms. The molecule has 3 heterocycles. The minimum absolute atomic E-state index is 0.0304. The summed E-state index contributed by atoms with van der Waals surface area (Å²) in [5.41, 5.74) is -0.125. The number of nitrogens with zero attached hydrogens (tertiary/aromatic N) is 4. The van der Waals surface area contributed by atoms with Gasteiger partial charge in [0.15, 0.2) is 5.82 Å². The Morgan fingerprint density at radius 3 is 2.49 bits per heavy atom. The predicted molar refractivity (Wildman–Crippen MR) is 167 cm³/mol. The highest BCUT2D eigenvalue weighted by atomic mass is 35.5. The number of aryl methyl sites for hydroxylation is 1. The zero-order chi connectivity index (χ0) is 31.7. The summed E-state index contributed by atoms with van der Waals surface area (Å²) in [6.45, 7) is 16.9. The van der Waals surface area contributed by atoms with Crippen LogP contribution in [-0.4, -0.2) is 50.4 Å². The third-order valence-electron chi connectivity index (χ3n) is 7.92. The Morgan fingerprint density at radius 2 is 1.86 bits per heavy atom. The molecule has 2 atom stereocenters. The number of hydrogen-bond donors (Lipinski definition) is 1. The van der Waals surface area contributed by atoms with Crippen LogP contribution in [0.4, 0.5) is 20.4 Å². The van der Waals surface area contributed by atoms with Gasteiger partial charge in [-0.25, -0.2) is 13.8 Å². The smallest absolute Gasteiger partial charge is 0.313 e. The van der Waals surface area contributed by atoms with Crippen LogP contribution in [-0.2, 0) is 27.9 Å². The van der Waals surface area contributed by atoms with E-state index in [1.807, 2.05) is 45.4 Å². The molecule has 1 fully saturated rings. The van der Waals surface area contributed by atoms with Crippen LogP contribution < -0.4 is 5.32 Å². The van der Waals surface area contributed by atoms with Crippen LogP contribution in [0.1, 0.15) is 78.3 Å². The molecule has 43 heavy (non-hydrogen) atoms. The molecule has 234 valence electrons. The van der Waals surface area contributed by atoms with Crippen LogP contribution in [0.2, 0.25) is 5.02 Å². The molecule has 0 radical (unpaired) electrons. The van der Waals surface area contributed by atoms with E-state index in [4.69, 9.17) is 16.3 Å². The molecule has 0 aliphatic carbocycles. The van der Waals surface area contributed by atoms with Gasteiger partial charge in [-0.2, -0.15) is 5.10 Å². The predicted octanol–water partition coefficient (Wildman–Crippen LogP) is 7.61. The van der Waals surface area contributed by atoms with Crippen LogP contribution >= 0.6 is 11.6 Å². The normalized spacial score (nSPS) is 19.8. The summed E-state index contributed by atoms with van der Waals surface area (Å²) in [7, 11) is 0. The van der Waals surface area contributed by atoms with Crippen molar-refractivity contribution in [2.24, 2.45) is 5.41 Å². The Morgan fingerprint density at radius 1 is 1.14 bits per heavy atom. The summed E-state index contributed by atoms with van der Waals surface area (Å²) in [6, 6.07) is 9.86. The Bertz CT molecular complexity index is 1460. The summed E-state index contributed by atoms with van der Waals surface area (Å²) in [5, 5.41) is 7.97. The van der Waals surface area contributed by atoms with E-state index in [1.54, 1.807) is 18.2 Å². The van der Waals surface area contributed by atoms with Crippen molar-refractivity contribution in [3.05, 3.63) is 70.0 Å². The second-order valence-electron chi connectivity index (χ2n) is 13.8. The summed E-state index contributed by atoms with van der Waals surface area (Å²) in [4.78, 5) is 20.6. The first kappa shape index (κ1) is 32.9. The van der Waals surface area contributed by atoms with Crippen LogP contribution in [0.3, 0.4) is 0 Å². The van der Waals surface area contributed by atoms with E-state index in [0.29, 0.717) is 49.6 Å². The van der Waals surface area contributed by atoms with Crippen LogP contribution in [0.15, 0.2) is 36.4 Å². The summed E-state index contributed by atoms with van der Waals surface area (Å²) in [6.07, 6.45) is 1.50. The number of ether oxygens (including phenoxy) is 1. The number of pyridine rings is 1. The lowest BCUT2D eigenvalue weighted by Gasteiger charge is -2.45. The molecule has 1 aromatic carbocycles. The molecule has 0 spiro atoms. The van der Waals surface area contributed by atoms with Gasteiger partial charge in [0.05, 0.1) is 21.7 Å². The second-order valence-corrected chi connectivity index (χ2v) is 14.2. The van der Waals surface area contributed by atoms with Crippen molar-refractivity contribution in [3.63, 3.8) is 0 Å². The van der Waals surface area contributed by atoms with Crippen molar-refractivity contribution < 1.29 is 18.3 Å². The zero-order valence-corrected chi connectivity index (χ0v) is 27.3. The molecule has 7 nitrogen and oxygen atoms in total. The van der Waals surface area contributed by atoms with E-state index in [2.05, 4.69) is 41.1 Å². The fourth-order valence-corrected chi connectivity index (χ4v) is 6.06.